The minimum atomic E-state index is -0.505. The van der Waals surface area contributed by atoms with Crippen molar-refractivity contribution in [3.05, 3.63) is 46.9 Å². The Morgan fingerprint density at radius 3 is 2.76 bits per heavy atom. The molecule has 2 aromatic carbocycles. The summed E-state index contributed by atoms with van der Waals surface area (Å²) in [6, 6.07) is 12.9. The number of para-hydroxylation sites is 1. The molecule has 10 heteroatoms. The lowest BCUT2D eigenvalue weighted by molar-refractivity contribution is -0.138. The number of morpholine rings is 1. The Labute approximate surface area is 205 Å². The number of nitrogens with zero attached hydrogens (tertiary/aromatic N) is 5. The highest BCUT2D eigenvalue weighted by molar-refractivity contribution is 9.10. The van der Waals surface area contributed by atoms with Gasteiger partial charge >= 0.3 is 0 Å². The third kappa shape index (κ3) is 4.19. The zero-order chi connectivity index (χ0) is 23.8. The monoisotopic (exact) mass is 524 g/mol. The van der Waals surface area contributed by atoms with E-state index in [1.165, 1.54) is 0 Å². The summed E-state index contributed by atoms with van der Waals surface area (Å²) in [6.45, 7) is 5.49. The zero-order valence-corrected chi connectivity index (χ0v) is 20.7. The van der Waals surface area contributed by atoms with E-state index in [-0.39, 0.29) is 12.0 Å². The molecule has 1 amide bonds. The Balaban J connectivity index is 1.56. The van der Waals surface area contributed by atoms with Crippen LogP contribution in [0.25, 0.3) is 27.9 Å². The lowest BCUT2D eigenvalue weighted by Crippen LogP contribution is -2.49. The van der Waals surface area contributed by atoms with E-state index < -0.39 is 6.04 Å². The van der Waals surface area contributed by atoms with Gasteiger partial charge in [0.25, 0.3) is 0 Å². The molecule has 0 spiro atoms. The molecular weight excluding hydrogens is 500 g/mol. The molecule has 2 aromatic heterocycles. The number of ether oxygens (including phenoxy) is 2. The molecule has 0 unspecified atom stereocenters. The Bertz CT molecular complexity index is 1360. The topological polar surface area (TPSA) is 93.9 Å². The smallest absolute Gasteiger partial charge is 0.245 e. The number of carbonyl (C=O) groups is 1. The predicted molar refractivity (Wildman–Crippen MR) is 133 cm³/mol. The number of nitrogens with one attached hydrogen (secondary N) is 1. The van der Waals surface area contributed by atoms with Crippen LogP contribution in [0.5, 0.6) is 5.75 Å². The molecule has 5 rings (SSSR count). The fourth-order valence-corrected chi connectivity index (χ4v) is 4.56. The average molecular weight is 525 g/mol. The second-order valence-corrected chi connectivity index (χ2v) is 9.16. The van der Waals surface area contributed by atoms with E-state index >= 15 is 0 Å². The van der Waals surface area contributed by atoms with Gasteiger partial charge < -0.3 is 19.7 Å². The molecule has 0 bridgehead atoms. The second kappa shape index (κ2) is 9.19. The molecule has 0 saturated carbocycles. The van der Waals surface area contributed by atoms with Gasteiger partial charge in [0.15, 0.2) is 11.5 Å². The molecule has 2 atom stereocenters. The maximum atomic E-state index is 13.1. The molecule has 4 aromatic rings. The number of aromatic nitrogens is 4. The number of hydrogen-bond acceptors (Lipinski definition) is 7. The standard InChI is InChI=1S/C24H25BrN6O3/c1-14-13-30(11-12-34-14)23(32)15(2)26-24-27-20-18(5-4-6-19(20)25)22-28-21(29-31(22)24)16-7-9-17(33-3)10-8-16/h4-10,14-15H,11-13H2,1-3H3,(H,26,27)/t14-,15-/m1/s1. The SMILES string of the molecule is COc1ccc(-c2nc3c4cccc(Br)c4nc(N[C@H](C)C(=O)N4CCO[C@H](C)C4)n3n2)cc1. The molecule has 1 aliphatic rings. The zero-order valence-electron chi connectivity index (χ0n) is 19.2. The number of fused-ring (bicyclic) bond motifs is 3. The highest BCUT2D eigenvalue weighted by atomic mass is 79.9. The summed E-state index contributed by atoms with van der Waals surface area (Å²) in [4.78, 5) is 24.6. The first kappa shape index (κ1) is 22.5. The minimum Gasteiger partial charge on any atom is -0.497 e. The first-order chi connectivity index (χ1) is 16.4. The normalized spacial score (nSPS) is 17.2. The first-order valence-electron chi connectivity index (χ1n) is 11.1. The van der Waals surface area contributed by atoms with Crippen LogP contribution in [0.3, 0.4) is 0 Å². The predicted octanol–water partition coefficient (Wildman–Crippen LogP) is 3.76. The maximum Gasteiger partial charge on any atom is 0.245 e. The highest BCUT2D eigenvalue weighted by Gasteiger charge is 2.27. The number of carbonyl (C=O) groups excluding carboxylic acids is 1. The number of halogens is 1. The number of methoxy groups -OCH3 is 1. The van der Waals surface area contributed by atoms with Gasteiger partial charge in [-0.1, -0.05) is 6.07 Å². The Hall–Kier alpha value is -3.24. The number of hydrogen-bond donors (Lipinski definition) is 1. The maximum absolute atomic E-state index is 13.1. The molecule has 0 aliphatic carbocycles. The summed E-state index contributed by atoms with van der Waals surface area (Å²) in [5.74, 6) is 1.76. The molecule has 1 N–H and O–H groups in total. The van der Waals surface area contributed by atoms with Gasteiger partial charge in [0.1, 0.15) is 11.8 Å². The summed E-state index contributed by atoms with van der Waals surface area (Å²) in [5.41, 5.74) is 2.25. The van der Waals surface area contributed by atoms with Crippen LogP contribution in [0.4, 0.5) is 5.95 Å². The van der Waals surface area contributed by atoms with Crippen LogP contribution in [-0.2, 0) is 9.53 Å². The van der Waals surface area contributed by atoms with Gasteiger partial charge in [-0.25, -0.2) is 9.97 Å². The van der Waals surface area contributed by atoms with Crippen molar-refractivity contribution >= 4 is 44.3 Å². The van der Waals surface area contributed by atoms with E-state index in [0.717, 1.165) is 26.7 Å². The average Bonchev–Trinajstić information content (AvgIpc) is 3.30. The number of anilines is 1. The van der Waals surface area contributed by atoms with Gasteiger partial charge in [-0.05, 0) is 66.2 Å². The molecule has 9 nitrogen and oxygen atoms in total. The van der Waals surface area contributed by atoms with Crippen LogP contribution in [0.15, 0.2) is 46.9 Å². The van der Waals surface area contributed by atoms with Crippen molar-refractivity contribution in [2.24, 2.45) is 0 Å². The second-order valence-electron chi connectivity index (χ2n) is 8.30. The summed E-state index contributed by atoms with van der Waals surface area (Å²) in [5, 5.41) is 8.87. The number of rotatable bonds is 5. The van der Waals surface area contributed by atoms with Crippen molar-refractivity contribution in [2.75, 3.05) is 32.1 Å². The van der Waals surface area contributed by atoms with Crippen LogP contribution in [0.1, 0.15) is 13.8 Å². The fraction of sp³-hybridized carbons (Fsp3) is 0.333. The molecule has 176 valence electrons. The highest BCUT2D eigenvalue weighted by Crippen LogP contribution is 2.29. The van der Waals surface area contributed by atoms with Gasteiger partial charge in [0, 0.05) is 28.5 Å². The fourth-order valence-electron chi connectivity index (χ4n) is 4.10. The number of amides is 1. The van der Waals surface area contributed by atoms with Crippen molar-refractivity contribution < 1.29 is 14.3 Å². The summed E-state index contributed by atoms with van der Waals surface area (Å²) >= 11 is 3.60. The van der Waals surface area contributed by atoms with Crippen LogP contribution < -0.4 is 10.1 Å². The lowest BCUT2D eigenvalue weighted by atomic mass is 10.2. The third-order valence-electron chi connectivity index (χ3n) is 5.87. The summed E-state index contributed by atoms with van der Waals surface area (Å²) in [7, 11) is 1.63. The quantitative estimate of drug-likeness (QED) is 0.424. The first-order valence-corrected chi connectivity index (χ1v) is 11.9. The number of benzene rings is 2. The minimum absolute atomic E-state index is 0.00665. The molecule has 3 heterocycles. The van der Waals surface area contributed by atoms with Crippen molar-refractivity contribution in [3.63, 3.8) is 0 Å². The van der Waals surface area contributed by atoms with E-state index in [2.05, 4.69) is 21.2 Å². The summed E-state index contributed by atoms with van der Waals surface area (Å²) < 4.78 is 13.3. The summed E-state index contributed by atoms with van der Waals surface area (Å²) in [6.07, 6.45) is 0.0220. The Kier molecular flexibility index (Phi) is 6.09. The Morgan fingerprint density at radius 2 is 2.03 bits per heavy atom. The van der Waals surface area contributed by atoms with Crippen LogP contribution in [0, 0.1) is 0 Å². The van der Waals surface area contributed by atoms with Crippen molar-refractivity contribution in [3.8, 4) is 17.1 Å². The van der Waals surface area contributed by atoms with Gasteiger partial charge in [-0.3, -0.25) is 4.79 Å². The Morgan fingerprint density at radius 1 is 1.24 bits per heavy atom. The van der Waals surface area contributed by atoms with Gasteiger partial charge in [0.05, 0.1) is 25.3 Å². The largest absolute Gasteiger partial charge is 0.497 e. The van der Waals surface area contributed by atoms with Crippen molar-refractivity contribution in [1.29, 1.82) is 0 Å². The van der Waals surface area contributed by atoms with Gasteiger partial charge in [-0.15, -0.1) is 5.10 Å². The van der Waals surface area contributed by atoms with Crippen molar-refractivity contribution in [1.82, 2.24) is 24.5 Å². The van der Waals surface area contributed by atoms with E-state index in [0.29, 0.717) is 37.1 Å². The van der Waals surface area contributed by atoms with Gasteiger partial charge in [0.2, 0.25) is 11.9 Å². The molecule has 0 radical (unpaired) electrons. The molecule has 34 heavy (non-hydrogen) atoms. The van der Waals surface area contributed by atoms with Crippen LogP contribution in [-0.4, -0.2) is 69.3 Å². The molecule has 1 fully saturated rings. The third-order valence-corrected chi connectivity index (χ3v) is 6.51. The molecule has 1 aliphatic heterocycles. The van der Waals surface area contributed by atoms with E-state index in [1.807, 2.05) is 61.2 Å². The molecule has 1 saturated heterocycles. The lowest BCUT2D eigenvalue weighted by Gasteiger charge is -2.33. The van der Waals surface area contributed by atoms with E-state index in [1.54, 1.807) is 11.6 Å². The molecular formula is C24H25BrN6O3. The van der Waals surface area contributed by atoms with Crippen molar-refractivity contribution in [2.45, 2.75) is 26.0 Å². The van der Waals surface area contributed by atoms with Crippen LogP contribution >= 0.6 is 15.9 Å². The van der Waals surface area contributed by atoms with E-state index in [4.69, 9.17) is 24.5 Å². The van der Waals surface area contributed by atoms with Crippen LogP contribution in [0.2, 0.25) is 0 Å². The van der Waals surface area contributed by atoms with Gasteiger partial charge in [-0.2, -0.15) is 4.52 Å². The van der Waals surface area contributed by atoms with E-state index in [9.17, 15) is 4.79 Å².